The number of halogens is 2. The van der Waals surface area contributed by atoms with Gasteiger partial charge in [0.15, 0.2) is 5.96 Å². The number of ether oxygens (including phenoxy) is 3. The lowest BCUT2D eigenvalue weighted by Crippen LogP contribution is -2.38. The summed E-state index contributed by atoms with van der Waals surface area (Å²) >= 11 is 5.82. The van der Waals surface area contributed by atoms with Crippen LogP contribution < -0.4 is 24.8 Å². The van der Waals surface area contributed by atoms with Gasteiger partial charge in [-0.25, -0.2) is 9.98 Å². The number of aromatic nitrogens is 1. The number of guanidine groups is 1. The topological polar surface area (TPSA) is 77.0 Å². The van der Waals surface area contributed by atoms with Gasteiger partial charge in [-0.2, -0.15) is 0 Å². The first-order chi connectivity index (χ1) is 13.6. The SMILES string of the molecule is CCNC(=NCc1c(OC)cc(OC)cc1OC)NCCc1ccc(Cl)nc1.I. The Labute approximate surface area is 194 Å². The lowest BCUT2D eigenvalue weighted by molar-refractivity contribution is 0.369. The molecule has 7 nitrogen and oxygen atoms in total. The fraction of sp³-hybridized carbons (Fsp3) is 0.400. The van der Waals surface area contributed by atoms with Gasteiger partial charge in [0.1, 0.15) is 22.4 Å². The Hall–Kier alpha value is -1.94. The van der Waals surface area contributed by atoms with Crippen LogP contribution in [-0.4, -0.2) is 45.4 Å². The quantitative estimate of drug-likeness (QED) is 0.221. The molecule has 1 aromatic heterocycles. The molecule has 1 heterocycles. The van der Waals surface area contributed by atoms with Crippen LogP contribution in [0.4, 0.5) is 0 Å². The lowest BCUT2D eigenvalue weighted by Gasteiger charge is -2.15. The van der Waals surface area contributed by atoms with Crippen molar-refractivity contribution in [3.63, 3.8) is 0 Å². The first-order valence-electron chi connectivity index (χ1n) is 9.02. The van der Waals surface area contributed by atoms with Crippen molar-refractivity contribution in [1.29, 1.82) is 0 Å². The molecular formula is C20H28ClIN4O3. The van der Waals surface area contributed by atoms with Crippen LogP contribution in [0.25, 0.3) is 0 Å². The average Bonchev–Trinajstić information content (AvgIpc) is 2.72. The van der Waals surface area contributed by atoms with Gasteiger partial charge in [0, 0.05) is 31.4 Å². The van der Waals surface area contributed by atoms with Crippen molar-refractivity contribution in [2.75, 3.05) is 34.4 Å². The normalized spacial score (nSPS) is 10.7. The molecule has 0 aliphatic carbocycles. The van der Waals surface area contributed by atoms with Crippen LogP contribution in [-0.2, 0) is 13.0 Å². The maximum absolute atomic E-state index is 5.82. The minimum absolute atomic E-state index is 0. The van der Waals surface area contributed by atoms with Gasteiger partial charge >= 0.3 is 0 Å². The second kappa shape index (κ2) is 13.3. The van der Waals surface area contributed by atoms with Crippen molar-refractivity contribution >= 4 is 41.5 Å². The molecule has 160 valence electrons. The fourth-order valence-corrected chi connectivity index (χ4v) is 2.72. The van der Waals surface area contributed by atoms with Crippen molar-refractivity contribution in [2.24, 2.45) is 4.99 Å². The van der Waals surface area contributed by atoms with Gasteiger partial charge in [-0.15, -0.1) is 24.0 Å². The third-order valence-electron chi connectivity index (χ3n) is 4.05. The maximum Gasteiger partial charge on any atom is 0.191 e. The van der Waals surface area contributed by atoms with Gasteiger partial charge < -0.3 is 24.8 Å². The Morgan fingerprint density at radius 2 is 1.76 bits per heavy atom. The van der Waals surface area contributed by atoms with E-state index >= 15 is 0 Å². The minimum Gasteiger partial charge on any atom is -0.496 e. The second-order valence-electron chi connectivity index (χ2n) is 5.87. The minimum atomic E-state index is 0. The molecule has 0 unspecified atom stereocenters. The number of pyridine rings is 1. The molecule has 0 aliphatic heterocycles. The summed E-state index contributed by atoms with van der Waals surface area (Å²) in [7, 11) is 4.84. The van der Waals surface area contributed by atoms with Gasteiger partial charge in [-0.05, 0) is 25.0 Å². The van der Waals surface area contributed by atoms with E-state index in [9.17, 15) is 0 Å². The van der Waals surface area contributed by atoms with Gasteiger partial charge in [-0.1, -0.05) is 17.7 Å². The number of hydrogen-bond acceptors (Lipinski definition) is 5. The summed E-state index contributed by atoms with van der Waals surface area (Å²) in [6, 6.07) is 7.40. The summed E-state index contributed by atoms with van der Waals surface area (Å²) < 4.78 is 16.3. The van der Waals surface area contributed by atoms with Gasteiger partial charge in [0.2, 0.25) is 0 Å². The standard InChI is InChI=1S/C20H27ClN4O3.HI/c1-5-22-20(23-9-8-14-6-7-19(21)24-12-14)25-13-16-17(27-3)10-15(26-2)11-18(16)28-4;/h6-7,10-12H,5,8-9,13H2,1-4H3,(H2,22,23,25);1H. The van der Waals surface area contributed by atoms with E-state index in [1.54, 1.807) is 33.6 Å². The van der Waals surface area contributed by atoms with Crippen LogP contribution in [0.3, 0.4) is 0 Å². The van der Waals surface area contributed by atoms with E-state index in [2.05, 4.69) is 20.6 Å². The fourth-order valence-electron chi connectivity index (χ4n) is 2.61. The molecule has 29 heavy (non-hydrogen) atoms. The third kappa shape index (κ3) is 7.77. The summed E-state index contributed by atoms with van der Waals surface area (Å²) in [6.07, 6.45) is 2.59. The predicted molar refractivity (Wildman–Crippen MR) is 127 cm³/mol. The van der Waals surface area contributed by atoms with E-state index in [-0.39, 0.29) is 24.0 Å². The molecule has 2 rings (SSSR count). The highest BCUT2D eigenvalue weighted by Gasteiger charge is 2.13. The van der Waals surface area contributed by atoms with E-state index < -0.39 is 0 Å². The van der Waals surface area contributed by atoms with Crippen LogP contribution in [0, 0.1) is 0 Å². The van der Waals surface area contributed by atoms with Gasteiger partial charge in [0.05, 0.1) is 33.4 Å². The van der Waals surface area contributed by atoms with Crippen LogP contribution in [0.2, 0.25) is 5.15 Å². The summed E-state index contributed by atoms with van der Waals surface area (Å²) in [4.78, 5) is 8.75. The maximum atomic E-state index is 5.82. The van der Waals surface area contributed by atoms with Crippen molar-refractivity contribution in [2.45, 2.75) is 19.9 Å². The monoisotopic (exact) mass is 534 g/mol. The Kier molecular flexibility index (Phi) is 11.5. The largest absolute Gasteiger partial charge is 0.496 e. The van der Waals surface area contributed by atoms with Crippen molar-refractivity contribution < 1.29 is 14.2 Å². The van der Waals surface area contributed by atoms with E-state index in [0.717, 1.165) is 24.1 Å². The summed E-state index contributed by atoms with van der Waals surface area (Å²) in [6.45, 7) is 3.89. The van der Waals surface area contributed by atoms with Gasteiger partial charge in [-0.3, -0.25) is 0 Å². The van der Waals surface area contributed by atoms with Crippen molar-refractivity contribution in [3.8, 4) is 17.2 Å². The van der Waals surface area contributed by atoms with E-state index in [4.69, 9.17) is 25.8 Å². The van der Waals surface area contributed by atoms with Gasteiger partial charge in [0.25, 0.3) is 0 Å². The molecule has 2 aromatic rings. The highest BCUT2D eigenvalue weighted by atomic mass is 127. The summed E-state index contributed by atoms with van der Waals surface area (Å²) in [5, 5.41) is 7.06. The molecule has 0 fully saturated rings. The Morgan fingerprint density at radius 3 is 2.28 bits per heavy atom. The lowest BCUT2D eigenvalue weighted by atomic mass is 10.1. The molecular weight excluding hydrogens is 507 g/mol. The molecule has 1 aromatic carbocycles. The molecule has 0 aliphatic rings. The predicted octanol–water partition coefficient (Wildman–Crippen LogP) is 3.68. The number of nitrogens with zero attached hydrogens (tertiary/aromatic N) is 2. The van der Waals surface area contributed by atoms with Crippen molar-refractivity contribution in [3.05, 3.63) is 46.7 Å². The molecule has 2 N–H and O–H groups in total. The van der Waals surface area contributed by atoms with Crippen LogP contribution >= 0.6 is 35.6 Å². The average molecular weight is 535 g/mol. The third-order valence-corrected chi connectivity index (χ3v) is 4.27. The number of aliphatic imine (C=N–C) groups is 1. The van der Waals surface area contributed by atoms with Crippen LogP contribution in [0.15, 0.2) is 35.5 Å². The number of nitrogens with one attached hydrogen (secondary N) is 2. The highest BCUT2D eigenvalue weighted by Crippen LogP contribution is 2.34. The summed E-state index contributed by atoms with van der Waals surface area (Å²) in [5.41, 5.74) is 1.95. The molecule has 0 amide bonds. The highest BCUT2D eigenvalue weighted by molar-refractivity contribution is 14.0. The van der Waals surface area contributed by atoms with E-state index in [1.807, 2.05) is 25.1 Å². The number of hydrogen-bond donors (Lipinski definition) is 2. The zero-order valence-corrected chi connectivity index (χ0v) is 20.2. The van der Waals surface area contributed by atoms with Crippen LogP contribution in [0.5, 0.6) is 17.2 Å². The molecule has 0 saturated carbocycles. The molecule has 0 radical (unpaired) electrons. The Balaban J connectivity index is 0.00000420. The number of benzene rings is 1. The second-order valence-corrected chi connectivity index (χ2v) is 6.26. The first-order valence-corrected chi connectivity index (χ1v) is 9.40. The number of methoxy groups -OCH3 is 3. The number of rotatable bonds is 9. The summed E-state index contributed by atoms with van der Waals surface area (Å²) in [5.74, 6) is 2.72. The van der Waals surface area contributed by atoms with E-state index in [1.165, 1.54) is 0 Å². The van der Waals surface area contributed by atoms with E-state index in [0.29, 0.717) is 41.5 Å². The zero-order valence-electron chi connectivity index (χ0n) is 17.1. The molecule has 0 bridgehead atoms. The Bertz CT molecular complexity index is 763. The van der Waals surface area contributed by atoms with Crippen LogP contribution in [0.1, 0.15) is 18.1 Å². The zero-order chi connectivity index (χ0) is 20.4. The first kappa shape index (κ1) is 25.1. The Morgan fingerprint density at radius 1 is 1.07 bits per heavy atom. The molecule has 9 heteroatoms. The molecule has 0 atom stereocenters. The van der Waals surface area contributed by atoms with Crippen molar-refractivity contribution in [1.82, 2.24) is 15.6 Å². The molecule has 0 saturated heterocycles. The smallest absolute Gasteiger partial charge is 0.191 e. The molecule has 0 spiro atoms.